The molecule has 67 heavy (non-hydrogen) atoms. The first kappa shape index (κ1) is 43.7. The molecule has 2 saturated heterocycles. The molecular weight excluding hydrogens is 841 g/mol. The fraction of sp³-hybridized carbons (Fsp3) is 0.228. The van der Waals surface area contributed by atoms with E-state index in [1.165, 1.54) is 12.1 Å². The van der Waals surface area contributed by atoms with Crippen LogP contribution in [-0.2, 0) is 23.1 Å². The maximum atomic E-state index is 15.2. The Hall–Kier alpha value is -7.14. The Morgan fingerprint density at radius 2 is 1.31 bits per heavy atom. The largest absolute Gasteiger partial charge is 0.508 e. The molecule has 0 spiro atoms. The van der Waals surface area contributed by atoms with E-state index in [1.807, 2.05) is 83.5 Å². The number of aromatic hydroxyl groups is 1. The van der Waals surface area contributed by atoms with Gasteiger partial charge in [-0.25, -0.2) is 13.5 Å². The number of nitrogens with zero attached hydrogens (tertiary/aromatic N) is 4. The molecule has 0 radical (unpaired) electrons. The number of halogens is 2. The average Bonchev–Trinajstić information content (AvgIpc) is 3.69. The van der Waals surface area contributed by atoms with Crippen molar-refractivity contribution in [1.29, 1.82) is 0 Å². The summed E-state index contributed by atoms with van der Waals surface area (Å²) >= 11 is 0. The van der Waals surface area contributed by atoms with Gasteiger partial charge in [0.25, 0.3) is 5.91 Å². The minimum absolute atomic E-state index is 0.109. The molecule has 0 atom stereocenters. The Bertz CT molecular complexity index is 2890. The number of phenolic OH excluding ortho intramolecular Hbond substituents is 1. The summed E-state index contributed by atoms with van der Waals surface area (Å²) < 4.78 is 37.4. The molecule has 0 aliphatic carbocycles. The molecule has 2 aliphatic heterocycles. The predicted molar refractivity (Wildman–Crippen MR) is 262 cm³/mol. The van der Waals surface area contributed by atoms with Crippen molar-refractivity contribution in [3.05, 3.63) is 214 Å². The van der Waals surface area contributed by atoms with Crippen LogP contribution in [0.25, 0.3) is 22.0 Å². The zero-order chi connectivity index (χ0) is 45.9. The number of hydrogen-bond acceptors (Lipinski definition) is 6. The minimum Gasteiger partial charge on any atom is -0.508 e. The highest BCUT2D eigenvalue weighted by Crippen LogP contribution is 2.45. The standard InChI is InChI=1S/C57H53F2N5O3/c1-62-25-27-63(28-26-62)49-19-22-51(42(35-49)31-39-23-29-67-30-24-39)56(66)60-55-53-36-43(32-40-33-47(58)37-48(59)34-40)52(41-17-20-50(65)21-18-41)38-54(53)64(61-55)57(44-11-5-2-6-12-44,45-13-7-3-8-14-45)46-15-9-4-10-16-46/h2-22,33-39,65H,23-32H2,1H3,(H,60,61,66). The third-order valence-corrected chi connectivity index (χ3v) is 13.6. The number of ether oxygens (including phenoxy) is 1. The van der Waals surface area contributed by atoms with Crippen molar-refractivity contribution in [2.75, 3.05) is 56.7 Å². The first-order chi connectivity index (χ1) is 32.7. The number of phenols is 1. The summed E-state index contributed by atoms with van der Waals surface area (Å²) in [4.78, 5) is 19.9. The molecule has 10 rings (SSSR count). The monoisotopic (exact) mass is 893 g/mol. The van der Waals surface area contributed by atoms with E-state index < -0.39 is 17.2 Å². The molecule has 0 saturated carbocycles. The molecule has 7 aromatic carbocycles. The highest BCUT2D eigenvalue weighted by atomic mass is 19.1. The van der Waals surface area contributed by atoms with E-state index in [0.29, 0.717) is 47.0 Å². The van der Waals surface area contributed by atoms with E-state index in [2.05, 4.69) is 76.8 Å². The summed E-state index contributed by atoms with van der Waals surface area (Å²) in [6.45, 7) is 5.16. The number of aromatic nitrogens is 2. The Morgan fingerprint density at radius 3 is 1.91 bits per heavy atom. The quantitative estimate of drug-likeness (QED) is 0.119. The number of fused-ring (bicyclic) bond motifs is 1. The first-order valence-electron chi connectivity index (χ1n) is 23.2. The number of carbonyl (C=O) groups excluding carboxylic acids is 1. The molecule has 2 fully saturated rings. The van der Waals surface area contributed by atoms with E-state index >= 15 is 4.79 Å². The Labute approximate surface area is 390 Å². The molecule has 0 bridgehead atoms. The lowest BCUT2D eigenvalue weighted by molar-refractivity contribution is 0.0664. The number of benzene rings is 7. The second kappa shape index (κ2) is 19.0. The lowest BCUT2D eigenvalue weighted by Gasteiger charge is -2.37. The maximum Gasteiger partial charge on any atom is 0.257 e. The molecule has 1 aromatic heterocycles. The lowest BCUT2D eigenvalue weighted by atomic mass is 9.77. The van der Waals surface area contributed by atoms with Crippen LogP contribution in [0.15, 0.2) is 164 Å². The summed E-state index contributed by atoms with van der Waals surface area (Å²) in [5.41, 5.74) is 7.91. The normalized spacial score (nSPS) is 14.9. The molecule has 338 valence electrons. The number of anilines is 2. The first-order valence-corrected chi connectivity index (χ1v) is 23.2. The minimum atomic E-state index is -1.07. The summed E-state index contributed by atoms with van der Waals surface area (Å²) in [5, 5.41) is 19.9. The lowest BCUT2D eigenvalue weighted by Crippen LogP contribution is -2.44. The third kappa shape index (κ3) is 8.94. The maximum absolute atomic E-state index is 15.2. The summed E-state index contributed by atoms with van der Waals surface area (Å²) in [5.74, 6) is -0.790. The molecule has 8 aromatic rings. The zero-order valence-electron chi connectivity index (χ0n) is 37.5. The number of piperazine rings is 1. The summed E-state index contributed by atoms with van der Waals surface area (Å²) in [6.07, 6.45) is 2.77. The van der Waals surface area contributed by atoms with Crippen LogP contribution in [-0.4, -0.2) is 72.1 Å². The van der Waals surface area contributed by atoms with Gasteiger partial charge in [-0.2, -0.15) is 5.10 Å². The highest BCUT2D eigenvalue weighted by Gasteiger charge is 2.41. The van der Waals surface area contributed by atoms with Crippen molar-refractivity contribution in [2.45, 2.75) is 31.2 Å². The number of hydrogen-bond donors (Lipinski definition) is 2. The van der Waals surface area contributed by atoms with E-state index in [0.717, 1.165) is 96.1 Å². The van der Waals surface area contributed by atoms with Crippen LogP contribution in [0, 0.1) is 17.6 Å². The number of rotatable bonds is 12. The topological polar surface area (TPSA) is 82.9 Å². The number of amides is 1. The van der Waals surface area contributed by atoms with Gasteiger partial charge >= 0.3 is 0 Å². The summed E-state index contributed by atoms with van der Waals surface area (Å²) in [6, 6.07) is 51.5. The van der Waals surface area contributed by atoms with Gasteiger partial charge in [-0.15, -0.1) is 0 Å². The molecule has 10 heteroatoms. The van der Waals surface area contributed by atoms with E-state index in [9.17, 15) is 13.9 Å². The van der Waals surface area contributed by atoms with Gasteiger partial charge in [-0.3, -0.25) is 4.79 Å². The van der Waals surface area contributed by atoms with Gasteiger partial charge in [0, 0.05) is 62.1 Å². The van der Waals surface area contributed by atoms with Gasteiger partial charge in [0.2, 0.25) is 0 Å². The van der Waals surface area contributed by atoms with Crippen LogP contribution >= 0.6 is 0 Å². The van der Waals surface area contributed by atoms with Crippen molar-refractivity contribution in [1.82, 2.24) is 14.7 Å². The fourth-order valence-corrected chi connectivity index (χ4v) is 10.1. The number of nitrogens with one attached hydrogen (secondary N) is 1. The third-order valence-electron chi connectivity index (χ3n) is 13.6. The van der Waals surface area contributed by atoms with Crippen molar-refractivity contribution >= 4 is 28.3 Å². The number of carbonyl (C=O) groups is 1. The molecular formula is C57H53F2N5O3. The van der Waals surface area contributed by atoms with Crippen LogP contribution in [0.5, 0.6) is 5.75 Å². The Kier molecular flexibility index (Phi) is 12.4. The van der Waals surface area contributed by atoms with Crippen LogP contribution in [0.3, 0.4) is 0 Å². The van der Waals surface area contributed by atoms with Gasteiger partial charge in [0.05, 0.1) is 5.52 Å². The van der Waals surface area contributed by atoms with Crippen LogP contribution < -0.4 is 10.2 Å². The average molecular weight is 894 g/mol. The van der Waals surface area contributed by atoms with Gasteiger partial charge in [0.1, 0.15) is 22.9 Å². The van der Waals surface area contributed by atoms with Gasteiger partial charge in [0.15, 0.2) is 5.82 Å². The highest BCUT2D eigenvalue weighted by molar-refractivity contribution is 6.09. The predicted octanol–water partition coefficient (Wildman–Crippen LogP) is 11.1. The van der Waals surface area contributed by atoms with Gasteiger partial charge in [-0.05, 0) is 138 Å². The molecule has 8 nitrogen and oxygen atoms in total. The van der Waals surface area contributed by atoms with Crippen LogP contribution in [0.1, 0.15) is 56.6 Å². The van der Waals surface area contributed by atoms with Crippen LogP contribution in [0.4, 0.5) is 20.3 Å². The Morgan fingerprint density at radius 1 is 0.716 bits per heavy atom. The fourth-order valence-electron chi connectivity index (χ4n) is 10.1. The molecule has 1 amide bonds. The second-order valence-electron chi connectivity index (χ2n) is 17.9. The van der Waals surface area contributed by atoms with E-state index in [4.69, 9.17) is 9.84 Å². The second-order valence-corrected chi connectivity index (χ2v) is 17.9. The summed E-state index contributed by atoms with van der Waals surface area (Å²) in [7, 11) is 2.15. The Balaban J connectivity index is 1.21. The van der Waals surface area contributed by atoms with E-state index in [-0.39, 0.29) is 18.1 Å². The van der Waals surface area contributed by atoms with Crippen molar-refractivity contribution < 1.29 is 23.4 Å². The van der Waals surface area contributed by atoms with Crippen LogP contribution in [0.2, 0.25) is 0 Å². The van der Waals surface area contributed by atoms with Crippen molar-refractivity contribution in [3.8, 4) is 16.9 Å². The molecule has 2 N–H and O–H groups in total. The zero-order valence-corrected chi connectivity index (χ0v) is 37.5. The molecule has 3 heterocycles. The SMILES string of the molecule is CN1CCN(c2ccc(C(=O)Nc3nn(C(c4ccccc4)(c4ccccc4)c4ccccc4)c4cc(-c5ccc(O)cc5)c(Cc5cc(F)cc(F)c5)cc34)c(CC3CCOCC3)c2)CC1. The van der Waals surface area contributed by atoms with E-state index in [1.54, 1.807) is 12.1 Å². The van der Waals surface area contributed by atoms with Gasteiger partial charge in [-0.1, -0.05) is 103 Å². The van der Waals surface area contributed by atoms with Gasteiger partial charge < -0.3 is 25.0 Å². The van der Waals surface area contributed by atoms with Crippen molar-refractivity contribution in [3.63, 3.8) is 0 Å². The number of likely N-dealkylation sites (N-methyl/N-ethyl adjacent to an activating group) is 1. The molecule has 0 unspecified atom stereocenters. The molecule has 2 aliphatic rings. The smallest absolute Gasteiger partial charge is 0.257 e. The van der Waals surface area contributed by atoms with Crippen molar-refractivity contribution in [2.24, 2.45) is 5.92 Å².